The zero-order chi connectivity index (χ0) is 10.2. The Hall–Kier alpha value is -1.18. The normalized spacial score (nSPS) is 24.3. The molecule has 3 amide bonds. The lowest BCUT2D eigenvalue weighted by molar-refractivity contribution is -0.123. The molecule has 4 N–H and O–H groups in total. The first-order chi connectivity index (χ1) is 6.69. The summed E-state index contributed by atoms with van der Waals surface area (Å²) >= 11 is 1.28. The Morgan fingerprint density at radius 3 is 2.67 bits per heavy atom. The molecule has 1 fully saturated rings. The number of hydrogen-bond acceptors (Lipinski definition) is 5. The third kappa shape index (κ3) is 1.69. The summed E-state index contributed by atoms with van der Waals surface area (Å²) in [5.74, 6) is -0.444. The van der Waals surface area contributed by atoms with E-state index in [0.29, 0.717) is 5.01 Å². The molecular formula is C7H9ClN4O2S. The molecule has 6 nitrogen and oxygen atoms in total. The van der Waals surface area contributed by atoms with Crippen LogP contribution in [0.5, 0.6) is 0 Å². The van der Waals surface area contributed by atoms with E-state index in [1.54, 1.807) is 11.6 Å². The van der Waals surface area contributed by atoms with Crippen LogP contribution in [0.25, 0.3) is 0 Å². The summed E-state index contributed by atoms with van der Waals surface area (Å²) in [5, 5.41) is 6.87. The van der Waals surface area contributed by atoms with E-state index in [1.165, 1.54) is 11.3 Å². The van der Waals surface area contributed by atoms with Gasteiger partial charge in [0.15, 0.2) is 5.54 Å². The fraction of sp³-hybridized carbons (Fsp3) is 0.286. The number of imide groups is 1. The molecule has 82 valence electrons. The van der Waals surface area contributed by atoms with Crippen LogP contribution < -0.4 is 16.4 Å². The van der Waals surface area contributed by atoms with E-state index >= 15 is 0 Å². The molecular weight excluding hydrogens is 240 g/mol. The molecule has 1 aliphatic rings. The molecule has 1 atom stereocenters. The van der Waals surface area contributed by atoms with Gasteiger partial charge in [0.25, 0.3) is 5.91 Å². The molecule has 2 heterocycles. The van der Waals surface area contributed by atoms with Crippen molar-refractivity contribution in [3.63, 3.8) is 0 Å². The summed E-state index contributed by atoms with van der Waals surface area (Å²) in [6.07, 6.45) is 1.56. The molecule has 0 spiro atoms. The Balaban J connectivity index is 0.00000112. The van der Waals surface area contributed by atoms with Crippen molar-refractivity contribution in [2.24, 2.45) is 5.73 Å². The largest absolute Gasteiger partial charge is 0.327 e. The molecule has 0 unspecified atom stereocenters. The van der Waals surface area contributed by atoms with Gasteiger partial charge in [0.05, 0.1) is 0 Å². The zero-order valence-electron chi connectivity index (χ0n) is 7.52. The van der Waals surface area contributed by atoms with Crippen LogP contribution in [0.4, 0.5) is 4.79 Å². The van der Waals surface area contributed by atoms with E-state index in [1.807, 2.05) is 0 Å². The van der Waals surface area contributed by atoms with Crippen LogP contribution in [0.1, 0.15) is 5.01 Å². The zero-order valence-corrected chi connectivity index (χ0v) is 9.15. The Bertz CT molecular complexity index is 382. The smallest absolute Gasteiger partial charge is 0.322 e. The highest BCUT2D eigenvalue weighted by atomic mass is 35.5. The van der Waals surface area contributed by atoms with E-state index in [2.05, 4.69) is 15.6 Å². The minimum atomic E-state index is -1.18. The molecule has 1 aromatic rings. The maximum absolute atomic E-state index is 11.5. The molecule has 0 radical (unpaired) electrons. The second kappa shape index (κ2) is 4.13. The molecule has 8 heteroatoms. The number of nitrogens with zero attached hydrogens (tertiary/aromatic N) is 1. The van der Waals surface area contributed by atoms with Crippen LogP contribution in [0.2, 0.25) is 0 Å². The second-order valence-corrected chi connectivity index (χ2v) is 3.75. The molecule has 0 bridgehead atoms. The van der Waals surface area contributed by atoms with Gasteiger partial charge >= 0.3 is 6.03 Å². The number of rotatable bonds is 2. The van der Waals surface area contributed by atoms with Crippen LogP contribution in [0, 0.1) is 0 Å². The maximum Gasteiger partial charge on any atom is 0.322 e. The number of carbonyl (C=O) groups is 2. The number of aromatic nitrogens is 1. The number of thiazole rings is 1. The van der Waals surface area contributed by atoms with Gasteiger partial charge in [0.2, 0.25) is 0 Å². The van der Waals surface area contributed by atoms with Crippen LogP contribution >= 0.6 is 23.7 Å². The second-order valence-electron chi connectivity index (χ2n) is 2.85. The molecule has 0 aromatic carbocycles. The Kier molecular flexibility index (Phi) is 3.28. The third-order valence-corrected chi connectivity index (χ3v) is 2.98. The van der Waals surface area contributed by atoms with Gasteiger partial charge in [-0.1, -0.05) is 0 Å². The highest BCUT2D eigenvalue weighted by Crippen LogP contribution is 2.25. The predicted molar refractivity (Wildman–Crippen MR) is 56.8 cm³/mol. The minimum Gasteiger partial charge on any atom is -0.327 e. The Morgan fingerprint density at radius 2 is 2.27 bits per heavy atom. The third-order valence-electron chi connectivity index (χ3n) is 2.05. The van der Waals surface area contributed by atoms with Gasteiger partial charge in [0, 0.05) is 18.1 Å². The highest BCUT2D eigenvalue weighted by molar-refractivity contribution is 7.09. The Labute approximate surface area is 95.7 Å². The van der Waals surface area contributed by atoms with Crippen LogP contribution in [-0.4, -0.2) is 23.5 Å². The number of hydrogen-bond donors (Lipinski definition) is 3. The van der Waals surface area contributed by atoms with Crippen molar-refractivity contribution in [2.45, 2.75) is 5.54 Å². The average Bonchev–Trinajstić information content (AvgIpc) is 2.73. The summed E-state index contributed by atoms with van der Waals surface area (Å²) in [6, 6.07) is -0.532. The molecule has 0 aliphatic carbocycles. The van der Waals surface area contributed by atoms with Gasteiger partial charge in [-0.3, -0.25) is 10.1 Å². The molecule has 15 heavy (non-hydrogen) atoms. The number of amides is 3. The monoisotopic (exact) mass is 248 g/mol. The number of halogens is 1. The maximum atomic E-state index is 11.5. The summed E-state index contributed by atoms with van der Waals surface area (Å²) < 4.78 is 0. The van der Waals surface area contributed by atoms with Crippen molar-refractivity contribution in [2.75, 3.05) is 6.54 Å². The number of carbonyl (C=O) groups excluding carboxylic acids is 2. The first-order valence-corrected chi connectivity index (χ1v) is 4.80. The van der Waals surface area contributed by atoms with Crippen molar-refractivity contribution >= 4 is 35.7 Å². The molecule has 1 aromatic heterocycles. The summed E-state index contributed by atoms with van der Waals surface area (Å²) in [6.45, 7) is -0.00190. The van der Waals surface area contributed by atoms with Crippen molar-refractivity contribution in [3.8, 4) is 0 Å². The fourth-order valence-electron chi connectivity index (χ4n) is 1.31. The SMILES string of the molecule is Cl.NC[C@@]1(c2nccs2)NC(=O)NC1=O. The minimum absolute atomic E-state index is 0. The van der Waals surface area contributed by atoms with E-state index in [-0.39, 0.29) is 19.0 Å². The highest BCUT2D eigenvalue weighted by Gasteiger charge is 2.48. The van der Waals surface area contributed by atoms with Gasteiger partial charge in [-0.25, -0.2) is 9.78 Å². The van der Waals surface area contributed by atoms with Crippen molar-refractivity contribution in [1.82, 2.24) is 15.6 Å². The number of urea groups is 1. The van der Waals surface area contributed by atoms with E-state index in [9.17, 15) is 9.59 Å². The van der Waals surface area contributed by atoms with Crippen LogP contribution in [0.3, 0.4) is 0 Å². The van der Waals surface area contributed by atoms with Crippen LogP contribution in [0.15, 0.2) is 11.6 Å². The predicted octanol–water partition coefficient (Wildman–Crippen LogP) is -0.442. The first kappa shape index (κ1) is 11.9. The lowest BCUT2D eigenvalue weighted by Gasteiger charge is -2.20. The van der Waals surface area contributed by atoms with Gasteiger partial charge in [0.1, 0.15) is 5.01 Å². The van der Waals surface area contributed by atoms with Crippen molar-refractivity contribution < 1.29 is 9.59 Å². The van der Waals surface area contributed by atoms with Gasteiger partial charge < -0.3 is 11.1 Å². The Morgan fingerprint density at radius 1 is 1.53 bits per heavy atom. The van der Waals surface area contributed by atoms with Crippen LogP contribution in [-0.2, 0) is 10.3 Å². The number of nitrogens with one attached hydrogen (secondary N) is 2. The summed E-state index contributed by atoms with van der Waals surface area (Å²) in [4.78, 5) is 26.5. The standard InChI is InChI=1S/C7H8N4O2S.ClH/c8-3-7(5-9-1-2-14-5)4(12)10-6(13)11-7;/h1-2H,3,8H2,(H2,10,11,12,13);1H/t7-;/m1./s1. The van der Waals surface area contributed by atoms with E-state index in [4.69, 9.17) is 5.73 Å². The van der Waals surface area contributed by atoms with Gasteiger partial charge in [-0.05, 0) is 0 Å². The average molecular weight is 249 g/mol. The number of nitrogens with two attached hydrogens (primary N) is 1. The van der Waals surface area contributed by atoms with Crippen molar-refractivity contribution in [3.05, 3.63) is 16.6 Å². The van der Waals surface area contributed by atoms with Gasteiger partial charge in [-0.15, -0.1) is 23.7 Å². The van der Waals surface area contributed by atoms with E-state index in [0.717, 1.165) is 0 Å². The summed E-state index contributed by atoms with van der Waals surface area (Å²) in [5.41, 5.74) is 4.33. The molecule has 1 aliphatic heterocycles. The lowest BCUT2D eigenvalue weighted by Crippen LogP contribution is -2.49. The molecule has 0 saturated carbocycles. The molecule has 2 rings (SSSR count). The van der Waals surface area contributed by atoms with E-state index < -0.39 is 17.5 Å². The van der Waals surface area contributed by atoms with Crippen molar-refractivity contribution in [1.29, 1.82) is 0 Å². The summed E-state index contributed by atoms with van der Waals surface area (Å²) in [7, 11) is 0. The topological polar surface area (TPSA) is 97.1 Å². The fourth-order valence-corrected chi connectivity index (χ4v) is 2.11. The first-order valence-electron chi connectivity index (χ1n) is 3.93. The van der Waals surface area contributed by atoms with Gasteiger partial charge in [-0.2, -0.15) is 0 Å². The lowest BCUT2D eigenvalue weighted by atomic mass is 10.0. The molecule has 1 saturated heterocycles. The quantitative estimate of drug-likeness (QED) is 0.618.